The maximum Gasteiger partial charge on any atom is 0.416 e. The van der Waals surface area contributed by atoms with Gasteiger partial charge in [-0.1, -0.05) is 42.0 Å². The third kappa shape index (κ3) is 6.47. The first-order valence-corrected chi connectivity index (χ1v) is 14.7. The number of rotatable bonds is 8. The molecule has 0 saturated carbocycles. The number of benzene rings is 3. The number of aryl methyl sites for hydroxylation is 1. The first kappa shape index (κ1) is 32.3. The number of likely N-dealkylation sites (tertiary alicyclic amines) is 2. The average Bonchev–Trinajstić information content (AvgIpc) is 3.64. The second-order valence-electron chi connectivity index (χ2n) is 11.9. The van der Waals surface area contributed by atoms with E-state index in [9.17, 15) is 41.7 Å². The van der Waals surface area contributed by atoms with Crippen molar-refractivity contribution in [2.75, 3.05) is 19.7 Å². The molecule has 0 aliphatic carbocycles. The molecule has 238 valence electrons. The Kier molecular flexibility index (Phi) is 9.06. The third-order valence-corrected chi connectivity index (χ3v) is 9.02. The van der Waals surface area contributed by atoms with Crippen LogP contribution in [0.15, 0.2) is 60.7 Å². The second kappa shape index (κ2) is 12.3. The van der Waals surface area contributed by atoms with Crippen molar-refractivity contribution in [1.82, 2.24) is 9.80 Å². The number of phenols is 1. The summed E-state index contributed by atoms with van der Waals surface area (Å²) >= 11 is 0. The first-order valence-electron chi connectivity index (χ1n) is 14.7. The van der Waals surface area contributed by atoms with Gasteiger partial charge in [0.25, 0.3) is 0 Å². The van der Waals surface area contributed by atoms with Crippen LogP contribution in [0, 0.1) is 6.92 Å². The Morgan fingerprint density at radius 3 is 1.61 bits per heavy atom. The topological polar surface area (TPSA) is 67.2 Å². The largest absolute Gasteiger partial charge is 0.507 e. The summed E-state index contributed by atoms with van der Waals surface area (Å²) in [7, 11) is 0. The maximum absolute atomic E-state index is 13.4. The van der Waals surface area contributed by atoms with Gasteiger partial charge in [-0.3, -0.25) is 9.80 Å². The molecule has 0 spiro atoms. The molecule has 3 aromatic carbocycles. The Morgan fingerprint density at radius 1 is 0.705 bits per heavy atom. The smallest absolute Gasteiger partial charge is 0.416 e. The summed E-state index contributed by atoms with van der Waals surface area (Å²) in [5, 5.41) is 33.5. The number of aromatic hydroxyl groups is 1. The highest BCUT2D eigenvalue weighted by Crippen LogP contribution is 2.43. The minimum absolute atomic E-state index is 0.0174. The van der Waals surface area contributed by atoms with Crippen molar-refractivity contribution < 1.29 is 41.7 Å². The fourth-order valence-electron chi connectivity index (χ4n) is 6.79. The Morgan fingerprint density at radius 2 is 1.14 bits per heavy atom. The summed E-state index contributed by atoms with van der Waals surface area (Å²) in [6.45, 7) is 3.89. The zero-order valence-electron chi connectivity index (χ0n) is 24.3. The molecular formula is C33H36F6N2O3. The predicted molar refractivity (Wildman–Crippen MR) is 153 cm³/mol. The van der Waals surface area contributed by atoms with Crippen LogP contribution in [0.2, 0.25) is 0 Å². The number of hydrogen-bond acceptors (Lipinski definition) is 5. The number of alkyl halides is 6. The number of nitrogens with zero attached hydrogens (tertiary/aromatic N) is 2. The summed E-state index contributed by atoms with van der Waals surface area (Å²) < 4.78 is 80.1. The lowest BCUT2D eigenvalue weighted by molar-refractivity contribution is -0.138. The van der Waals surface area contributed by atoms with Crippen LogP contribution in [0.4, 0.5) is 26.3 Å². The van der Waals surface area contributed by atoms with Gasteiger partial charge in [0.1, 0.15) is 11.4 Å². The van der Waals surface area contributed by atoms with Crippen LogP contribution in [0.1, 0.15) is 64.6 Å². The SMILES string of the molecule is Cc1cc(CN2CCC[C@H]2CO)c(O)c(CN2CCC[C@H]2C(O)(c2ccc(C(F)(F)F)cc2)c2ccc(C(F)(F)F)cc2)c1. The molecule has 3 N–H and O–H groups in total. The normalized spacial score (nSPS) is 20.5. The number of aliphatic hydroxyl groups is 2. The quantitative estimate of drug-likeness (QED) is 0.247. The van der Waals surface area contributed by atoms with E-state index < -0.39 is 35.1 Å². The fraction of sp³-hybridized carbons (Fsp3) is 0.455. The zero-order valence-corrected chi connectivity index (χ0v) is 24.3. The maximum atomic E-state index is 13.4. The summed E-state index contributed by atoms with van der Waals surface area (Å²) in [6.07, 6.45) is -6.33. The van der Waals surface area contributed by atoms with Gasteiger partial charge in [0.15, 0.2) is 0 Å². The van der Waals surface area contributed by atoms with Crippen molar-refractivity contribution in [3.8, 4) is 5.75 Å². The highest BCUT2D eigenvalue weighted by molar-refractivity contribution is 5.45. The summed E-state index contributed by atoms with van der Waals surface area (Å²) in [4.78, 5) is 4.06. The highest BCUT2D eigenvalue weighted by Gasteiger charge is 2.46. The molecule has 0 amide bonds. The number of aliphatic hydroxyl groups excluding tert-OH is 1. The summed E-state index contributed by atoms with van der Waals surface area (Å²) in [5.41, 5.74) is -1.29. The van der Waals surface area contributed by atoms with Gasteiger partial charge in [-0.2, -0.15) is 26.3 Å². The molecule has 5 nitrogen and oxygen atoms in total. The Hall–Kier alpha value is -3.12. The summed E-state index contributed by atoms with van der Waals surface area (Å²) in [5.74, 6) is 0.0949. The van der Waals surface area contributed by atoms with E-state index in [0.717, 1.165) is 49.2 Å². The molecule has 0 unspecified atom stereocenters. The Labute approximate surface area is 252 Å². The van der Waals surface area contributed by atoms with Gasteiger partial charge in [0.2, 0.25) is 0 Å². The molecule has 44 heavy (non-hydrogen) atoms. The van der Waals surface area contributed by atoms with Crippen molar-refractivity contribution in [2.24, 2.45) is 0 Å². The van der Waals surface area contributed by atoms with Gasteiger partial charge in [0, 0.05) is 36.3 Å². The predicted octanol–water partition coefficient (Wildman–Crippen LogP) is 6.60. The first-order chi connectivity index (χ1) is 20.7. The van der Waals surface area contributed by atoms with Gasteiger partial charge in [-0.15, -0.1) is 0 Å². The van der Waals surface area contributed by atoms with Gasteiger partial charge >= 0.3 is 12.4 Å². The number of phenolic OH excluding ortho intramolecular Hbond substituents is 1. The molecule has 2 heterocycles. The molecule has 5 rings (SSSR count). The summed E-state index contributed by atoms with van der Waals surface area (Å²) in [6, 6.07) is 11.2. The molecule has 11 heteroatoms. The highest BCUT2D eigenvalue weighted by atomic mass is 19.4. The molecule has 2 fully saturated rings. The van der Waals surface area contributed by atoms with Crippen LogP contribution >= 0.6 is 0 Å². The second-order valence-corrected chi connectivity index (χ2v) is 11.9. The lowest BCUT2D eigenvalue weighted by Crippen LogP contribution is -2.48. The van der Waals surface area contributed by atoms with Crippen LogP contribution in [0.5, 0.6) is 5.75 Å². The van der Waals surface area contributed by atoms with Crippen LogP contribution in [-0.2, 0) is 31.0 Å². The average molecular weight is 623 g/mol. The molecule has 3 aromatic rings. The van der Waals surface area contributed by atoms with Crippen molar-refractivity contribution >= 4 is 0 Å². The van der Waals surface area contributed by atoms with E-state index in [1.165, 1.54) is 24.3 Å². The van der Waals surface area contributed by atoms with Crippen LogP contribution in [0.3, 0.4) is 0 Å². The lowest BCUT2D eigenvalue weighted by Gasteiger charge is -2.40. The van der Waals surface area contributed by atoms with Crippen molar-refractivity contribution in [3.05, 3.63) is 99.6 Å². The van der Waals surface area contributed by atoms with E-state index in [1.807, 2.05) is 24.0 Å². The third-order valence-electron chi connectivity index (χ3n) is 9.02. The van der Waals surface area contributed by atoms with Gasteiger partial charge < -0.3 is 15.3 Å². The number of halogens is 6. The van der Waals surface area contributed by atoms with E-state index in [-0.39, 0.29) is 36.1 Å². The number of hydrogen-bond donors (Lipinski definition) is 3. The van der Waals surface area contributed by atoms with Gasteiger partial charge in [-0.05, 0) is 81.1 Å². The van der Waals surface area contributed by atoms with E-state index in [0.29, 0.717) is 37.1 Å². The van der Waals surface area contributed by atoms with E-state index >= 15 is 0 Å². The zero-order chi connectivity index (χ0) is 31.9. The molecule has 2 aliphatic heterocycles. The van der Waals surface area contributed by atoms with E-state index in [4.69, 9.17) is 0 Å². The minimum atomic E-state index is -4.60. The Bertz CT molecular complexity index is 1380. The molecule has 2 aliphatic rings. The van der Waals surface area contributed by atoms with Gasteiger partial charge in [0.05, 0.1) is 17.7 Å². The minimum Gasteiger partial charge on any atom is -0.507 e. The van der Waals surface area contributed by atoms with E-state index in [1.54, 1.807) is 0 Å². The Balaban J connectivity index is 1.51. The standard InChI is InChI=1S/C33H36F6N2O3/c1-21-16-22(18-40-14-2-4-28(40)20-42)30(43)23(17-21)19-41-15-3-5-29(41)31(44,24-6-10-26(11-7-24)32(34,35)36)25-8-12-27(13-9-25)33(37,38)39/h6-13,16-17,28-29,42-44H,2-5,14-15,18-20H2,1H3/t28-,29-/m0/s1. The van der Waals surface area contributed by atoms with Crippen LogP contribution in [-0.4, -0.2) is 56.9 Å². The van der Waals surface area contributed by atoms with Gasteiger partial charge in [-0.25, -0.2) is 0 Å². The fourth-order valence-corrected chi connectivity index (χ4v) is 6.79. The van der Waals surface area contributed by atoms with Crippen molar-refractivity contribution in [1.29, 1.82) is 0 Å². The molecular weight excluding hydrogens is 586 g/mol. The van der Waals surface area contributed by atoms with Crippen LogP contribution < -0.4 is 0 Å². The lowest BCUT2D eigenvalue weighted by atomic mass is 9.78. The molecule has 0 bridgehead atoms. The van der Waals surface area contributed by atoms with Crippen molar-refractivity contribution in [2.45, 2.75) is 75.7 Å². The van der Waals surface area contributed by atoms with Crippen LogP contribution in [0.25, 0.3) is 0 Å². The molecule has 0 radical (unpaired) electrons. The molecule has 2 atom stereocenters. The molecule has 0 aromatic heterocycles. The van der Waals surface area contributed by atoms with Crippen molar-refractivity contribution in [3.63, 3.8) is 0 Å². The molecule has 2 saturated heterocycles. The van der Waals surface area contributed by atoms with E-state index in [2.05, 4.69) is 4.90 Å². The monoisotopic (exact) mass is 622 g/mol.